The van der Waals surface area contributed by atoms with Crippen LogP contribution in [0.3, 0.4) is 0 Å². The van der Waals surface area contributed by atoms with Crippen molar-refractivity contribution in [2.45, 2.75) is 31.9 Å². The third-order valence-corrected chi connectivity index (χ3v) is 1.68. The molecule has 0 saturated heterocycles. The molecule has 2 amide bonds. The van der Waals surface area contributed by atoms with E-state index >= 15 is 0 Å². The Kier molecular flexibility index (Phi) is 3.25. The van der Waals surface area contributed by atoms with Crippen LogP contribution >= 0.6 is 0 Å². The van der Waals surface area contributed by atoms with E-state index in [1.165, 1.54) is 0 Å². The molecule has 1 atom stereocenters. The van der Waals surface area contributed by atoms with Gasteiger partial charge in [0.05, 0.1) is 6.10 Å². The highest BCUT2D eigenvalue weighted by Crippen LogP contribution is 2.18. The van der Waals surface area contributed by atoms with Crippen molar-refractivity contribution in [2.24, 2.45) is 0 Å². The highest BCUT2D eigenvalue weighted by atomic mass is 16.3. The molecule has 1 fully saturated rings. The molecule has 0 aliphatic heterocycles. The maximum atomic E-state index is 11.0. The van der Waals surface area contributed by atoms with Gasteiger partial charge in [-0.25, -0.2) is 0 Å². The van der Waals surface area contributed by atoms with Gasteiger partial charge in [-0.1, -0.05) is 0 Å². The average molecular weight is 186 g/mol. The van der Waals surface area contributed by atoms with Crippen molar-refractivity contribution in [1.29, 1.82) is 0 Å². The molecular weight excluding hydrogens is 172 g/mol. The van der Waals surface area contributed by atoms with Crippen LogP contribution in [-0.2, 0) is 9.59 Å². The third-order valence-electron chi connectivity index (χ3n) is 1.68. The minimum absolute atomic E-state index is 0.108. The molecule has 0 aromatic carbocycles. The Morgan fingerprint density at radius 3 is 2.54 bits per heavy atom. The molecule has 0 unspecified atom stereocenters. The Bertz CT molecular complexity index is 211. The van der Waals surface area contributed by atoms with Crippen molar-refractivity contribution in [3.8, 4) is 0 Å². The summed E-state index contributed by atoms with van der Waals surface area (Å²) in [7, 11) is 0. The van der Waals surface area contributed by atoms with Gasteiger partial charge in [0, 0.05) is 12.6 Å². The number of hydrogen-bond donors (Lipinski definition) is 3. The molecule has 1 aliphatic carbocycles. The Hall–Kier alpha value is -1.10. The van der Waals surface area contributed by atoms with Crippen LogP contribution in [0.2, 0.25) is 0 Å². The van der Waals surface area contributed by atoms with Gasteiger partial charge in [-0.3, -0.25) is 9.59 Å². The van der Waals surface area contributed by atoms with Gasteiger partial charge < -0.3 is 15.7 Å². The number of aliphatic hydroxyl groups excluding tert-OH is 1. The van der Waals surface area contributed by atoms with Crippen LogP contribution in [0.25, 0.3) is 0 Å². The fraction of sp³-hybridized carbons (Fsp3) is 0.750. The van der Waals surface area contributed by atoms with E-state index in [9.17, 15) is 9.59 Å². The Morgan fingerprint density at radius 1 is 1.46 bits per heavy atom. The smallest absolute Gasteiger partial charge is 0.309 e. The Morgan fingerprint density at radius 2 is 2.08 bits per heavy atom. The lowest BCUT2D eigenvalue weighted by molar-refractivity contribution is -0.139. The van der Waals surface area contributed by atoms with E-state index in [1.54, 1.807) is 6.92 Å². The van der Waals surface area contributed by atoms with Gasteiger partial charge in [0.1, 0.15) is 0 Å². The predicted molar refractivity (Wildman–Crippen MR) is 45.9 cm³/mol. The van der Waals surface area contributed by atoms with Crippen molar-refractivity contribution in [2.75, 3.05) is 6.54 Å². The summed E-state index contributed by atoms with van der Waals surface area (Å²) in [6.45, 7) is 1.65. The molecule has 0 heterocycles. The zero-order chi connectivity index (χ0) is 9.84. The summed E-state index contributed by atoms with van der Waals surface area (Å²) < 4.78 is 0. The fourth-order valence-electron chi connectivity index (χ4n) is 0.799. The van der Waals surface area contributed by atoms with Crippen LogP contribution in [0.1, 0.15) is 19.8 Å². The van der Waals surface area contributed by atoms with Gasteiger partial charge in [-0.2, -0.15) is 0 Å². The zero-order valence-electron chi connectivity index (χ0n) is 7.54. The van der Waals surface area contributed by atoms with Crippen molar-refractivity contribution >= 4 is 11.8 Å². The van der Waals surface area contributed by atoms with E-state index < -0.39 is 17.9 Å². The molecule has 1 rings (SSSR count). The number of amides is 2. The van der Waals surface area contributed by atoms with Crippen molar-refractivity contribution in [3.05, 3.63) is 0 Å². The molecule has 13 heavy (non-hydrogen) atoms. The molecule has 0 aromatic rings. The van der Waals surface area contributed by atoms with E-state index in [1.807, 2.05) is 0 Å². The van der Waals surface area contributed by atoms with Crippen LogP contribution in [0.4, 0.5) is 0 Å². The lowest BCUT2D eigenvalue weighted by Gasteiger charge is -2.06. The summed E-state index contributed by atoms with van der Waals surface area (Å²) in [4.78, 5) is 22.0. The van der Waals surface area contributed by atoms with E-state index in [0.717, 1.165) is 12.8 Å². The second-order valence-electron chi connectivity index (χ2n) is 3.31. The van der Waals surface area contributed by atoms with Crippen LogP contribution in [-0.4, -0.2) is 35.6 Å². The topological polar surface area (TPSA) is 78.4 Å². The zero-order valence-corrected chi connectivity index (χ0v) is 7.54. The fourth-order valence-corrected chi connectivity index (χ4v) is 0.799. The summed E-state index contributed by atoms with van der Waals surface area (Å²) in [5, 5.41) is 13.7. The third kappa shape index (κ3) is 3.89. The van der Waals surface area contributed by atoms with Gasteiger partial charge in [0.15, 0.2) is 0 Å². The number of rotatable bonds is 3. The molecule has 74 valence electrons. The molecule has 3 N–H and O–H groups in total. The molecule has 1 saturated carbocycles. The first kappa shape index (κ1) is 9.98. The summed E-state index contributed by atoms with van der Waals surface area (Å²) in [6.07, 6.45) is 1.28. The van der Waals surface area contributed by atoms with E-state index in [0.29, 0.717) is 0 Å². The molecular formula is C8H14N2O3. The maximum Gasteiger partial charge on any atom is 0.309 e. The van der Waals surface area contributed by atoms with E-state index in [-0.39, 0.29) is 12.6 Å². The monoisotopic (exact) mass is 186 g/mol. The van der Waals surface area contributed by atoms with Crippen molar-refractivity contribution in [1.82, 2.24) is 10.6 Å². The highest BCUT2D eigenvalue weighted by Gasteiger charge is 2.26. The van der Waals surface area contributed by atoms with Crippen LogP contribution in [0, 0.1) is 0 Å². The normalized spacial score (nSPS) is 17.7. The largest absolute Gasteiger partial charge is 0.392 e. The Balaban J connectivity index is 2.17. The van der Waals surface area contributed by atoms with Crippen LogP contribution in [0.15, 0.2) is 0 Å². The molecule has 5 heteroatoms. The predicted octanol–water partition coefficient (Wildman–Crippen LogP) is -1.24. The summed E-state index contributed by atoms with van der Waals surface area (Å²) in [5.41, 5.74) is 0. The SMILES string of the molecule is C[C@H](O)CNC(=O)C(=O)NC1CC1. The number of nitrogens with one attached hydrogen (secondary N) is 2. The molecule has 1 aliphatic rings. The quantitative estimate of drug-likeness (QED) is 0.482. The number of hydrogen-bond acceptors (Lipinski definition) is 3. The molecule has 0 spiro atoms. The number of aliphatic hydroxyl groups is 1. The summed E-state index contributed by atoms with van der Waals surface area (Å²) in [5.74, 6) is -1.28. The second kappa shape index (κ2) is 4.23. The van der Waals surface area contributed by atoms with E-state index in [4.69, 9.17) is 5.11 Å². The summed E-state index contributed by atoms with van der Waals surface area (Å²) in [6, 6.07) is 0.185. The van der Waals surface area contributed by atoms with Gasteiger partial charge in [0.2, 0.25) is 0 Å². The second-order valence-corrected chi connectivity index (χ2v) is 3.31. The first-order valence-electron chi connectivity index (χ1n) is 4.36. The van der Waals surface area contributed by atoms with Crippen molar-refractivity contribution < 1.29 is 14.7 Å². The lowest BCUT2D eigenvalue weighted by atomic mass is 10.4. The van der Waals surface area contributed by atoms with Crippen LogP contribution < -0.4 is 10.6 Å². The van der Waals surface area contributed by atoms with Crippen LogP contribution in [0.5, 0.6) is 0 Å². The standard InChI is InChI=1S/C8H14N2O3/c1-5(11)4-9-7(12)8(13)10-6-2-3-6/h5-6,11H,2-4H2,1H3,(H,9,12)(H,10,13)/t5-/m0/s1. The first-order valence-corrected chi connectivity index (χ1v) is 4.36. The highest BCUT2D eigenvalue weighted by molar-refractivity contribution is 6.35. The number of carbonyl (C=O) groups is 2. The molecule has 0 radical (unpaired) electrons. The summed E-state index contributed by atoms with van der Waals surface area (Å²) >= 11 is 0. The molecule has 0 aromatic heterocycles. The van der Waals surface area contributed by atoms with Crippen molar-refractivity contribution in [3.63, 3.8) is 0 Å². The minimum atomic E-state index is -0.673. The maximum absolute atomic E-state index is 11.0. The van der Waals surface area contributed by atoms with Gasteiger partial charge in [-0.05, 0) is 19.8 Å². The Labute approximate surface area is 76.5 Å². The minimum Gasteiger partial charge on any atom is -0.392 e. The lowest BCUT2D eigenvalue weighted by Crippen LogP contribution is -2.42. The van der Waals surface area contributed by atoms with E-state index in [2.05, 4.69) is 10.6 Å². The average Bonchev–Trinajstić information content (AvgIpc) is 2.83. The number of carbonyl (C=O) groups excluding carboxylic acids is 2. The van der Waals surface area contributed by atoms with Gasteiger partial charge in [-0.15, -0.1) is 0 Å². The molecule has 0 bridgehead atoms. The molecule has 5 nitrogen and oxygen atoms in total. The van der Waals surface area contributed by atoms with Gasteiger partial charge >= 0.3 is 11.8 Å². The van der Waals surface area contributed by atoms with Gasteiger partial charge in [0.25, 0.3) is 0 Å². The first-order chi connectivity index (χ1) is 6.09.